The van der Waals surface area contributed by atoms with Crippen molar-refractivity contribution in [2.24, 2.45) is 0 Å². The maximum absolute atomic E-state index is 14.3. The van der Waals surface area contributed by atoms with Crippen molar-refractivity contribution in [1.29, 1.82) is 0 Å². The molecule has 0 saturated heterocycles. The molecule has 0 unspecified atom stereocenters. The maximum Gasteiger partial charge on any atom is 0.248 e. The van der Waals surface area contributed by atoms with E-state index in [1.807, 2.05) is 13.8 Å². The lowest BCUT2D eigenvalue weighted by Gasteiger charge is -2.11. The average molecular weight is 478 g/mol. The van der Waals surface area contributed by atoms with Crippen molar-refractivity contribution in [1.82, 2.24) is 25.4 Å². The number of ether oxygens (including phenoxy) is 2. The fraction of sp³-hybridized carbons (Fsp3) is 0.208. The highest BCUT2D eigenvalue weighted by molar-refractivity contribution is 6.02. The Bertz CT molecular complexity index is 1380. The van der Waals surface area contributed by atoms with Gasteiger partial charge in [-0.15, -0.1) is 5.10 Å². The number of carbonyl (C=O) groups excluding carboxylic acids is 1. The van der Waals surface area contributed by atoms with Gasteiger partial charge < -0.3 is 19.3 Å². The predicted octanol–water partition coefficient (Wildman–Crippen LogP) is 3.95. The van der Waals surface area contributed by atoms with Crippen LogP contribution in [0, 0.1) is 26.6 Å². The number of hydrogen-bond acceptors (Lipinski definition) is 8. The molecule has 0 aliphatic heterocycles. The third-order valence-electron chi connectivity index (χ3n) is 5.25. The lowest BCUT2D eigenvalue weighted by molar-refractivity contribution is -0.111. The van der Waals surface area contributed by atoms with Crippen LogP contribution in [-0.4, -0.2) is 38.4 Å². The van der Waals surface area contributed by atoms with E-state index in [4.69, 9.17) is 14.0 Å². The van der Waals surface area contributed by atoms with Crippen LogP contribution in [0.25, 0.3) is 11.8 Å². The van der Waals surface area contributed by atoms with Gasteiger partial charge in [-0.05, 0) is 73.2 Å². The summed E-state index contributed by atoms with van der Waals surface area (Å²) in [5.74, 6) is 1.17. The maximum atomic E-state index is 14.3. The van der Waals surface area contributed by atoms with Gasteiger partial charge in [0, 0.05) is 6.08 Å². The van der Waals surface area contributed by atoms with E-state index < -0.39 is 11.7 Å². The van der Waals surface area contributed by atoms with Gasteiger partial charge in [0.05, 0.1) is 29.7 Å². The first-order valence-electron chi connectivity index (χ1n) is 10.6. The number of nitrogens with one attached hydrogen (secondary N) is 1. The summed E-state index contributed by atoms with van der Waals surface area (Å²) in [6.07, 6.45) is 2.89. The molecule has 11 heteroatoms. The molecule has 0 spiro atoms. The number of nitrogens with zero attached hydrogens (tertiary/aromatic N) is 5. The molecule has 2 aromatic carbocycles. The van der Waals surface area contributed by atoms with E-state index in [1.165, 1.54) is 36.1 Å². The van der Waals surface area contributed by atoms with Gasteiger partial charge in [0.1, 0.15) is 18.2 Å². The van der Waals surface area contributed by atoms with Gasteiger partial charge in [-0.1, -0.05) is 11.2 Å². The topological polar surface area (TPSA) is 117 Å². The predicted molar refractivity (Wildman–Crippen MR) is 125 cm³/mol. The highest BCUT2D eigenvalue weighted by Crippen LogP contribution is 2.30. The molecule has 4 rings (SSSR count). The Morgan fingerprint density at radius 1 is 1.17 bits per heavy atom. The van der Waals surface area contributed by atoms with Crippen LogP contribution < -0.4 is 14.8 Å². The van der Waals surface area contributed by atoms with Crippen LogP contribution in [0.2, 0.25) is 0 Å². The Morgan fingerprint density at radius 3 is 2.69 bits per heavy atom. The first kappa shape index (κ1) is 23.6. The van der Waals surface area contributed by atoms with Gasteiger partial charge in [0.15, 0.2) is 17.3 Å². The molecule has 0 bridgehead atoms. The zero-order valence-corrected chi connectivity index (χ0v) is 19.6. The van der Waals surface area contributed by atoms with Gasteiger partial charge in [-0.2, -0.15) is 4.68 Å². The normalized spacial score (nSPS) is 11.1. The molecule has 0 aliphatic rings. The number of aromatic nitrogens is 5. The highest BCUT2D eigenvalue weighted by Gasteiger charge is 2.13. The standard InChI is InChI=1S/C24H23FN6O4/c1-14-19(15(2)35-28-14)13-34-22-9-5-17(11-23(22)33-4)6-10-24(32)26-21-12-18(7-8-20(21)25)31-16(3)27-29-30-31/h5-12H,13H2,1-4H3,(H,26,32)/b10-6+. The van der Waals surface area contributed by atoms with Crippen molar-refractivity contribution in [2.45, 2.75) is 27.4 Å². The lowest BCUT2D eigenvalue weighted by Crippen LogP contribution is -2.10. The van der Waals surface area contributed by atoms with E-state index in [0.717, 1.165) is 11.3 Å². The Balaban J connectivity index is 1.44. The SMILES string of the molecule is COc1cc(/C=C/C(=O)Nc2cc(-n3nnnc3C)ccc2F)ccc1OCc1c(C)noc1C. The molecule has 180 valence electrons. The molecular weight excluding hydrogens is 455 g/mol. The first-order valence-corrected chi connectivity index (χ1v) is 10.6. The van der Waals surface area contributed by atoms with E-state index in [1.54, 1.807) is 31.2 Å². The number of aryl methyl sites for hydroxylation is 3. The molecule has 0 radical (unpaired) electrons. The minimum Gasteiger partial charge on any atom is -0.493 e. The Kier molecular flexibility index (Phi) is 6.86. The summed E-state index contributed by atoms with van der Waals surface area (Å²) in [5.41, 5.74) is 2.86. The molecule has 2 heterocycles. The molecule has 0 saturated carbocycles. The van der Waals surface area contributed by atoms with E-state index in [-0.39, 0.29) is 12.3 Å². The summed E-state index contributed by atoms with van der Waals surface area (Å²) in [7, 11) is 1.53. The van der Waals surface area contributed by atoms with Crippen LogP contribution in [-0.2, 0) is 11.4 Å². The van der Waals surface area contributed by atoms with Crippen LogP contribution in [0.15, 0.2) is 47.0 Å². The van der Waals surface area contributed by atoms with Gasteiger partial charge in [-0.25, -0.2) is 4.39 Å². The fourth-order valence-electron chi connectivity index (χ4n) is 3.32. The minimum absolute atomic E-state index is 0.00713. The van der Waals surface area contributed by atoms with Gasteiger partial charge in [0.2, 0.25) is 5.91 Å². The van der Waals surface area contributed by atoms with E-state index in [2.05, 4.69) is 26.0 Å². The third kappa shape index (κ3) is 5.35. The number of anilines is 1. The highest BCUT2D eigenvalue weighted by atomic mass is 19.1. The average Bonchev–Trinajstić information content (AvgIpc) is 3.42. The summed E-state index contributed by atoms with van der Waals surface area (Å²) in [4.78, 5) is 12.4. The molecule has 0 fully saturated rings. The van der Waals surface area contributed by atoms with Crippen molar-refractivity contribution < 1.29 is 23.2 Å². The van der Waals surface area contributed by atoms with Crippen LogP contribution in [0.5, 0.6) is 11.5 Å². The number of tetrazole rings is 1. The quantitative estimate of drug-likeness (QED) is 0.378. The molecule has 35 heavy (non-hydrogen) atoms. The number of carbonyl (C=O) groups is 1. The zero-order chi connectivity index (χ0) is 24.9. The van der Waals surface area contributed by atoms with Crippen molar-refractivity contribution in [3.8, 4) is 17.2 Å². The molecule has 1 amide bonds. The van der Waals surface area contributed by atoms with Gasteiger partial charge >= 0.3 is 0 Å². The first-order chi connectivity index (χ1) is 16.9. The van der Waals surface area contributed by atoms with Crippen LogP contribution in [0.1, 0.15) is 28.4 Å². The Labute approximate surface area is 200 Å². The lowest BCUT2D eigenvalue weighted by atomic mass is 10.1. The molecular formula is C24H23FN6O4. The second kappa shape index (κ2) is 10.2. The van der Waals surface area contributed by atoms with Crippen LogP contribution >= 0.6 is 0 Å². The molecule has 0 atom stereocenters. The largest absolute Gasteiger partial charge is 0.493 e. The fourth-order valence-corrected chi connectivity index (χ4v) is 3.32. The molecule has 4 aromatic rings. The smallest absolute Gasteiger partial charge is 0.248 e. The summed E-state index contributed by atoms with van der Waals surface area (Å²) in [6.45, 7) is 5.67. The summed E-state index contributed by atoms with van der Waals surface area (Å²) >= 11 is 0. The Hall–Kier alpha value is -4.54. The number of benzene rings is 2. The van der Waals surface area contributed by atoms with E-state index >= 15 is 0 Å². The zero-order valence-electron chi connectivity index (χ0n) is 19.6. The van der Waals surface area contributed by atoms with Crippen LogP contribution in [0.3, 0.4) is 0 Å². The second-order valence-corrected chi connectivity index (χ2v) is 7.63. The summed E-state index contributed by atoms with van der Waals surface area (Å²) < 4.78 is 32.1. The molecule has 10 nitrogen and oxygen atoms in total. The number of halogens is 1. The monoisotopic (exact) mass is 478 g/mol. The number of amides is 1. The number of hydrogen-bond donors (Lipinski definition) is 1. The minimum atomic E-state index is -0.581. The van der Waals surface area contributed by atoms with Crippen molar-refractivity contribution in [3.05, 3.63) is 76.7 Å². The summed E-state index contributed by atoms with van der Waals surface area (Å²) in [6, 6.07) is 9.46. The van der Waals surface area contributed by atoms with Gasteiger partial charge in [0.25, 0.3) is 0 Å². The van der Waals surface area contributed by atoms with E-state index in [9.17, 15) is 9.18 Å². The van der Waals surface area contributed by atoms with Crippen LogP contribution in [0.4, 0.5) is 10.1 Å². The third-order valence-corrected chi connectivity index (χ3v) is 5.25. The van der Waals surface area contributed by atoms with Crippen molar-refractivity contribution in [3.63, 3.8) is 0 Å². The number of rotatable bonds is 8. The van der Waals surface area contributed by atoms with E-state index in [0.29, 0.717) is 34.3 Å². The molecule has 2 aromatic heterocycles. The van der Waals surface area contributed by atoms with Crippen molar-refractivity contribution >= 4 is 17.7 Å². The summed E-state index contributed by atoms with van der Waals surface area (Å²) in [5, 5.41) is 17.7. The van der Waals surface area contributed by atoms with Crippen molar-refractivity contribution in [2.75, 3.05) is 12.4 Å². The second-order valence-electron chi connectivity index (χ2n) is 7.63. The molecule has 1 N–H and O–H groups in total. The molecule has 0 aliphatic carbocycles. The number of methoxy groups -OCH3 is 1. The Morgan fingerprint density at radius 2 is 2.00 bits per heavy atom. The van der Waals surface area contributed by atoms with Gasteiger partial charge in [-0.3, -0.25) is 4.79 Å².